The van der Waals surface area contributed by atoms with Gasteiger partial charge >= 0.3 is 0 Å². The molecule has 0 bridgehead atoms. The minimum Gasteiger partial charge on any atom is -0.467 e. The van der Waals surface area contributed by atoms with Gasteiger partial charge in [-0.3, -0.25) is 19.0 Å². The van der Waals surface area contributed by atoms with Gasteiger partial charge in [0.1, 0.15) is 5.76 Å². The maximum atomic E-state index is 12.4. The third-order valence-electron chi connectivity index (χ3n) is 4.16. The molecular weight excluding hydrogens is 360 g/mol. The normalized spacial score (nSPS) is 11.1. The summed E-state index contributed by atoms with van der Waals surface area (Å²) in [6.45, 7) is 4.94. The van der Waals surface area contributed by atoms with Gasteiger partial charge in [-0.2, -0.15) is 10.2 Å². The Labute approximate surface area is 162 Å². The van der Waals surface area contributed by atoms with Gasteiger partial charge in [-0.05, 0) is 32.1 Å². The first kappa shape index (κ1) is 19.2. The Kier molecular flexibility index (Phi) is 5.73. The van der Waals surface area contributed by atoms with E-state index in [2.05, 4.69) is 20.8 Å². The predicted octanol–water partition coefficient (Wildman–Crippen LogP) is 2.12. The standard InChI is InChI=1S/C19H22N6O3/c1-4-25-13(2)14(10-21-25)7-8-17(26)22-16-12-24(3)23-18(16)19(27)20-11-15-6-5-9-28-15/h5-10,12H,4,11H2,1-3H3,(H,20,27)(H,22,26)/b8-7+. The number of hydrogen-bond donors (Lipinski definition) is 2. The zero-order valence-corrected chi connectivity index (χ0v) is 16.0. The number of furan rings is 1. The molecule has 0 atom stereocenters. The van der Waals surface area contributed by atoms with Crippen molar-refractivity contribution in [2.75, 3.05) is 5.32 Å². The van der Waals surface area contributed by atoms with Crippen LogP contribution in [0.15, 0.2) is 41.3 Å². The summed E-state index contributed by atoms with van der Waals surface area (Å²) in [6, 6.07) is 3.50. The molecule has 3 aromatic heterocycles. The van der Waals surface area contributed by atoms with Gasteiger partial charge in [-0.1, -0.05) is 0 Å². The van der Waals surface area contributed by atoms with Gasteiger partial charge in [0.15, 0.2) is 5.69 Å². The molecule has 0 radical (unpaired) electrons. The van der Waals surface area contributed by atoms with Crippen molar-refractivity contribution < 1.29 is 14.0 Å². The van der Waals surface area contributed by atoms with Crippen LogP contribution in [0.25, 0.3) is 6.08 Å². The van der Waals surface area contributed by atoms with Gasteiger partial charge < -0.3 is 15.1 Å². The van der Waals surface area contributed by atoms with Crippen LogP contribution in [0.1, 0.15) is 34.4 Å². The predicted molar refractivity (Wildman–Crippen MR) is 103 cm³/mol. The molecule has 146 valence electrons. The average Bonchev–Trinajstić information content (AvgIpc) is 3.39. The lowest BCUT2D eigenvalue weighted by Crippen LogP contribution is -2.24. The summed E-state index contributed by atoms with van der Waals surface area (Å²) in [6.07, 6.45) is 7.92. The highest BCUT2D eigenvalue weighted by atomic mass is 16.3. The average molecular weight is 382 g/mol. The number of hydrogen-bond acceptors (Lipinski definition) is 5. The fourth-order valence-electron chi connectivity index (χ4n) is 2.70. The van der Waals surface area contributed by atoms with Crippen LogP contribution in [0.2, 0.25) is 0 Å². The summed E-state index contributed by atoms with van der Waals surface area (Å²) in [5.74, 6) is -0.145. The zero-order valence-electron chi connectivity index (χ0n) is 16.0. The van der Waals surface area contributed by atoms with Crippen LogP contribution in [0.3, 0.4) is 0 Å². The fourth-order valence-corrected chi connectivity index (χ4v) is 2.70. The molecule has 0 saturated heterocycles. The van der Waals surface area contributed by atoms with Gasteiger partial charge in [0.25, 0.3) is 5.91 Å². The van der Waals surface area contributed by atoms with Crippen LogP contribution in [-0.4, -0.2) is 31.4 Å². The highest BCUT2D eigenvalue weighted by molar-refractivity contribution is 6.06. The molecule has 0 saturated carbocycles. The van der Waals surface area contributed by atoms with Gasteiger partial charge in [0, 0.05) is 37.1 Å². The lowest BCUT2D eigenvalue weighted by molar-refractivity contribution is -0.111. The van der Waals surface area contributed by atoms with Crippen molar-refractivity contribution in [3.63, 3.8) is 0 Å². The van der Waals surface area contributed by atoms with E-state index < -0.39 is 5.91 Å². The number of aromatic nitrogens is 4. The smallest absolute Gasteiger partial charge is 0.274 e. The number of aryl methyl sites for hydroxylation is 2. The van der Waals surface area contributed by atoms with Gasteiger partial charge in [0.05, 0.1) is 24.7 Å². The largest absolute Gasteiger partial charge is 0.467 e. The van der Waals surface area contributed by atoms with Gasteiger partial charge in [-0.25, -0.2) is 0 Å². The highest BCUT2D eigenvalue weighted by Crippen LogP contribution is 2.14. The van der Waals surface area contributed by atoms with Crippen molar-refractivity contribution in [2.45, 2.75) is 26.9 Å². The van der Waals surface area contributed by atoms with Crippen LogP contribution in [-0.2, 0) is 24.9 Å². The number of rotatable bonds is 7. The Morgan fingerprint density at radius 2 is 2.18 bits per heavy atom. The van der Waals surface area contributed by atoms with Gasteiger partial charge in [-0.15, -0.1) is 0 Å². The lowest BCUT2D eigenvalue weighted by atomic mass is 10.2. The molecule has 3 heterocycles. The third-order valence-corrected chi connectivity index (χ3v) is 4.16. The Morgan fingerprint density at radius 1 is 1.36 bits per heavy atom. The quantitative estimate of drug-likeness (QED) is 0.609. The molecule has 0 aliphatic carbocycles. The molecule has 0 unspecified atom stereocenters. The molecule has 0 aliphatic rings. The SMILES string of the molecule is CCn1ncc(/C=C/C(=O)Nc2cn(C)nc2C(=O)NCc2ccco2)c1C. The number of nitrogens with zero attached hydrogens (tertiary/aromatic N) is 4. The van der Waals surface area contributed by atoms with E-state index in [-0.39, 0.29) is 18.1 Å². The van der Waals surface area contributed by atoms with Crippen LogP contribution in [0.5, 0.6) is 0 Å². The Bertz CT molecular complexity index is 997. The van der Waals surface area contributed by atoms with E-state index in [0.29, 0.717) is 11.4 Å². The number of anilines is 1. The van der Waals surface area contributed by atoms with E-state index in [1.54, 1.807) is 37.7 Å². The van der Waals surface area contributed by atoms with Crippen LogP contribution in [0, 0.1) is 6.92 Å². The molecule has 2 N–H and O–H groups in total. The first-order valence-electron chi connectivity index (χ1n) is 8.83. The first-order valence-corrected chi connectivity index (χ1v) is 8.83. The van der Waals surface area contributed by atoms with E-state index in [9.17, 15) is 9.59 Å². The van der Waals surface area contributed by atoms with E-state index >= 15 is 0 Å². The van der Waals surface area contributed by atoms with E-state index in [1.165, 1.54) is 17.0 Å². The number of carbonyl (C=O) groups is 2. The maximum Gasteiger partial charge on any atom is 0.274 e. The third kappa shape index (κ3) is 4.37. The Balaban J connectivity index is 1.66. The molecule has 2 amide bonds. The van der Waals surface area contributed by atoms with E-state index in [4.69, 9.17) is 4.42 Å². The summed E-state index contributed by atoms with van der Waals surface area (Å²) >= 11 is 0. The van der Waals surface area contributed by atoms with Crippen LogP contribution >= 0.6 is 0 Å². The summed E-state index contributed by atoms with van der Waals surface area (Å²) in [5.41, 5.74) is 2.30. The first-order chi connectivity index (χ1) is 13.5. The maximum absolute atomic E-state index is 12.4. The Morgan fingerprint density at radius 3 is 2.86 bits per heavy atom. The second-order valence-electron chi connectivity index (χ2n) is 6.15. The molecule has 28 heavy (non-hydrogen) atoms. The minimum atomic E-state index is -0.406. The second kappa shape index (κ2) is 8.38. The number of carbonyl (C=O) groups excluding carboxylic acids is 2. The van der Waals surface area contributed by atoms with Crippen molar-refractivity contribution >= 4 is 23.6 Å². The topological polar surface area (TPSA) is 107 Å². The van der Waals surface area contributed by atoms with Crippen molar-refractivity contribution in [3.05, 3.63) is 59.6 Å². The van der Waals surface area contributed by atoms with E-state index in [0.717, 1.165) is 17.8 Å². The molecule has 9 nitrogen and oxygen atoms in total. The number of amides is 2. The van der Waals surface area contributed by atoms with Crippen molar-refractivity contribution in [2.24, 2.45) is 7.05 Å². The monoisotopic (exact) mass is 382 g/mol. The lowest BCUT2D eigenvalue weighted by Gasteiger charge is -2.04. The molecule has 3 aromatic rings. The summed E-state index contributed by atoms with van der Waals surface area (Å²) in [4.78, 5) is 24.7. The number of nitrogens with one attached hydrogen (secondary N) is 2. The van der Waals surface area contributed by atoms with Crippen molar-refractivity contribution in [3.8, 4) is 0 Å². The molecule has 9 heteroatoms. The minimum absolute atomic E-state index is 0.130. The molecule has 0 aromatic carbocycles. The van der Waals surface area contributed by atoms with E-state index in [1.807, 2.05) is 18.5 Å². The van der Waals surface area contributed by atoms with Crippen molar-refractivity contribution in [1.29, 1.82) is 0 Å². The molecular formula is C19H22N6O3. The second-order valence-corrected chi connectivity index (χ2v) is 6.15. The molecule has 0 aliphatic heterocycles. The Hall–Kier alpha value is -3.62. The van der Waals surface area contributed by atoms with Crippen LogP contribution in [0.4, 0.5) is 5.69 Å². The van der Waals surface area contributed by atoms with Crippen molar-refractivity contribution in [1.82, 2.24) is 24.9 Å². The van der Waals surface area contributed by atoms with Gasteiger partial charge in [0.2, 0.25) is 5.91 Å². The fraction of sp³-hybridized carbons (Fsp3) is 0.263. The molecule has 0 fully saturated rings. The van der Waals surface area contributed by atoms with Crippen LogP contribution < -0.4 is 10.6 Å². The summed E-state index contributed by atoms with van der Waals surface area (Å²) in [7, 11) is 1.68. The summed E-state index contributed by atoms with van der Waals surface area (Å²) < 4.78 is 8.50. The molecule has 0 spiro atoms. The summed E-state index contributed by atoms with van der Waals surface area (Å²) in [5, 5.41) is 13.8. The highest BCUT2D eigenvalue weighted by Gasteiger charge is 2.17. The zero-order chi connectivity index (χ0) is 20.1. The molecule has 3 rings (SSSR count).